The van der Waals surface area contributed by atoms with Gasteiger partial charge in [-0.3, -0.25) is 9.10 Å². The quantitative estimate of drug-likeness (QED) is 0.459. The van der Waals surface area contributed by atoms with Crippen LogP contribution in [0.5, 0.6) is 0 Å². The highest BCUT2D eigenvalue weighted by Gasteiger charge is 2.36. The van der Waals surface area contributed by atoms with Crippen LogP contribution in [0.25, 0.3) is 11.1 Å². The van der Waals surface area contributed by atoms with Crippen LogP contribution in [0.4, 0.5) is 5.69 Å². The SMILES string of the molecule is CC(C)c1ccc2c(c1)-c1ccccc1S(=O)(=O)N2CC(=O)NCCSCc1ccccc1. The standard InChI is InChI=1S/C26H28N2O3S2/c1-19(2)21-12-13-24-23(16-21)22-10-6-7-11-25(22)33(30,31)28(24)17-26(29)27-14-15-32-18-20-8-4-3-5-9-20/h3-13,16,19H,14-15,17-18H2,1-2H3,(H,27,29). The van der Waals surface area contributed by atoms with Crippen molar-refractivity contribution in [1.82, 2.24) is 5.32 Å². The van der Waals surface area contributed by atoms with Gasteiger partial charge in [-0.05, 0) is 35.2 Å². The molecule has 1 amide bonds. The highest BCUT2D eigenvalue weighted by atomic mass is 32.2. The molecule has 0 saturated heterocycles. The summed E-state index contributed by atoms with van der Waals surface area (Å²) in [6.45, 7) is 4.45. The molecule has 0 radical (unpaired) electrons. The molecule has 7 heteroatoms. The first-order chi connectivity index (χ1) is 15.9. The molecule has 33 heavy (non-hydrogen) atoms. The molecule has 1 aliphatic rings. The van der Waals surface area contributed by atoms with Gasteiger partial charge in [0, 0.05) is 29.2 Å². The summed E-state index contributed by atoms with van der Waals surface area (Å²) in [7, 11) is -3.83. The molecule has 5 nitrogen and oxygen atoms in total. The number of sulfonamides is 1. The summed E-state index contributed by atoms with van der Waals surface area (Å²) >= 11 is 1.73. The van der Waals surface area contributed by atoms with Crippen molar-refractivity contribution in [3.8, 4) is 11.1 Å². The Morgan fingerprint density at radius 2 is 1.70 bits per heavy atom. The highest BCUT2D eigenvalue weighted by Crippen LogP contribution is 2.43. The number of nitrogens with zero attached hydrogens (tertiary/aromatic N) is 1. The van der Waals surface area contributed by atoms with Gasteiger partial charge < -0.3 is 5.32 Å². The number of nitrogens with one attached hydrogen (secondary N) is 1. The van der Waals surface area contributed by atoms with Gasteiger partial charge >= 0.3 is 0 Å². The fraction of sp³-hybridized carbons (Fsp3) is 0.269. The van der Waals surface area contributed by atoms with Crippen molar-refractivity contribution in [3.05, 3.63) is 83.9 Å². The predicted molar refractivity (Wildman–Crippen MR) is 136 cm³/mol. The van der Waals surface area contributed by atoms with E-state index in [9.17, 15) is 13.2 Å². The molecular weight excluding hydrogens is 452 g/mol. The lowest BCUT2D eigenvalue weighted by Crippen LogP contribution is -2.43. The van der Waals surface area contributed by atoms with Crippen LogP contribution in [0.3, 0.4) is 0 Å². The monoisotopic (exact) mass is 480 g/mol. The van der Waals surface area contributed by atoms with E-state index in [0.29, 0.717) is 23.7 Å². The molecule has 172 valence electrons. The van der Waals surface area contributed by atoms with Gasteiger partial charge in [0.2, 0.25) is 5.91 Å². The number of carbonyl (C=O) groups excluding carboxylic acids is 1. The maximum Gasteiger partial charge on any atom is 0.265 e. The molecule has 0 spiro atoms. The number of fused-ring (bicyclic) bond motifs is 3. The van der Waals surface area contributed by atoms with Crippen LogP contribution >= 0.6 is 11.8 Å². The van der Waals surface area contributed by atoms with Crippen LogP contribution in [-0.2, 0) is 20.6 Å². The molecule has 0 atom stereocenters. The Balaban J connectivity index is 1.47. The Hall–Kier alpha value is -2.77. The summed E-state index contributed by atoms with van der Waals surface area (Å²) in [4.78, 5) is 12.9. The molecular formula is C26H28N2O3S2. The summed E-state index contributed by atoms with van der Waals surface area (Å²) in [6.07, 6.45) is 0. The van der Waals surface area contributed by atoms with Gasteiger partial charge in [0.15, 0.2) is 0 Å². The number of hydrogen-bond acceptors (Lipinski definition) is 4. The van der Waals surface area contributed by atoms with Crippen LogP contribution in [0.1, 0.15) is 30.9 Å². The maximum atomic E-state index is 13.4. The van der Waals surface area contributed by atoms with E-state index in [2.05, 4.69) is 31.3 Å². The third kappa shape index (κ3) is 5.09. The average molecular weight is 481 g/mol. The smallest absolute Gasteiger partial charge is 0.265 e. The number of hydrogen-bond donors (Lipinski definition) is 1. The minimum Gasteiger partial charge on any atom is -0.354 e. The molecule has 0 fully saturated rings. The van der Waals surface area contributed by atoms with Gasteiger partial charge in [-0.2, -0.15) is 11.8 Å². The second kappa shape index (κ2) is 10.0. The molecule has 3 aromatic rings. The number of amides is 1. The predicted octanol–water partition coefficient (Wildman–Crippen LogP) is 5.04. The van der Waals surface area contributed by atoms with E-state index in [0.717, 1.165) is 22.6 Å². The Morgan fingerprint density at radius 3 is 2.45 bits per heavy atom. The Bertz CT molecular complexity index is 1240. The highest BCUT2D eigenvalue weighted by molar-refractivity contribution is 7.98. The topological polar surface area (TPSA) is 66.5 Å². The van der Waals surface area contributed by atoms with Gasteiger partial charge in [-0.25, -0.2) is 8.42 Å². The Morgan fingerprint density at radius 1 is 0.970 bits per heavy atom. The summed E-state index contributed by atoms with van der Waals surface area (Å²) in [5, 5.41) is 2.87. The summed E-state index contributed by atoms with van der Waals surface area (Å²) in [6, 6.07) is 23.0. The Kier molecular flexibility index (Phi) is 7.10. The van der Waals surface area contributed by atoms with Crippen LogP contribution < -0.4 is 9.62 Å². The first-order valence-corrected chi connectivity index (χ1v) is 13.6. The molecule has 0 aromatic heterocycles. The lowest BCUT2D eigenvalue weighted by Gasteiger charge is -2.32. The molecule has 0 saturated carbocycles. The number of carbonyl (C=O) groups is 1. The minimum atomic E-state index is -3.83. The largest absolute Gasteiger partial charge is 0.354 e. The second-order valence-electron chi connectivity index (χ2n) is 8.33. The number of thioether (sulfide) groups is 1. The number of benzene rings is 3. The van der Waals surface area contributed by atoms with Crippen molar-refractivity contribution in [1.29, 1.82) is 0 Å². The van der Waals surface area contributed by atoms with Gasteiger partial charge in [0.25, 0.3) is 10.0 Å². The van der Waals surface area contributed by atoms with Gasteiger partial charge in [0.05, 0.1) is 10.6 Å². The molecule has 0 aliphatic carbocycles. The van der Waals surface area contributed by atoms with Crippen molar-refractivity contribution < 1.29 is 13.2 Å². The summed E-state index contributed by atoms with van der Waals surface area (Å²) in [5.74, 6) is 1.63. The fourth-order valence-corrected chi connectivity index (χ4v) is 6.36. The second-order valence-corrected chi connectivity index (χ2v) is 11.3. The lowest BCUT2D eigenvalue weighted by atomic mass is 9.95. The number of rotatable bonds is 8. The zero-order valence-corrected chi connectivity index (χ0v) is 20.5. The molecule has 1 heterocycles. The summed E-state index contributed by atoms with van der Waals surface area (Å²) in [5.41, 5.74) is 4.44. The van der Waals surface area contributed by atoms with Crippen LogP contribution in [-0.4, -0.2) is 33.2 Å². The molecule has 1 N–H and O–H groups in total. The van der Waals surface area contributed by atoms with Crippen LogP contribution in [0, 0.1) is 0 Å². The van der Waals surface area contributed by atoms with E-state index in [1.54, 1.807) is 23.9 Å². The fourth-order valence-electron chi connectivity index (χ4n) is 3.89. The molecule has 4 rings (SSSR count). The maximum absolute atomic E-state index is 13.4. The first-order valence-electron chi connectivity index (χ1n) is 11.0. The van der Waals surface area contributed by atoms with Gasteiger partial charge in [0.1, 0.15) is 6.54 Å². The summed E-state index contributed by atoms with van der Waals surface area (Å²) < 4.78 is 28.0. The first kappa shape index (κ1) is 23.4. The zero-order valence-electron chi connectivity index (χ0n) is 18.8. The van der Waals surface area contributed by atoms with E-state index >= 15 is 0 Å². The van der Waals surface area contributed by atoms with Crippen molar-refractivity contribution in [2.24, 2.45) is 0 Å². The van der Waals surface area contributed by atoms with Gasteiger partial charge in [-0.15, -0.1) is 0 Å². The molecule has 1 aliphatic heterocycles. The lowest BCUT2D eigenvalue weighted by molar-refractivity contribution is -0.119. The van der Waals surface area contributed by atoms with E-state index in [1.807, 2.05) is 48.5 Å². The van der Waals surface area contributed by atoms with Crippen molar-refractivity contribution >= 4 is 33.4 Å². The third-order valence-electron chi connectivity index (χ3n) is 5.67. The number of anilines is 1. The van der Waals surface area contributed by atoms with Crippen LogP contribution in [0.2, 0.25) is 0 Å². The van der Waals surface area contributed by atoms with Crippen LogP contribution in [0.15, 0.2) is 77.7 Å². The van der Waals surface area contributed by atoms with E-state index < -0.39 is 10.0 Å². The normalized spacial score (nSPS) is 14.0. The van der Waals surface area contributed by atoms with E-state index in [1.165, 1.54) is 9.87 Å². The average Bonchev–Trinajstić information content (AvgIpc) is 2.82. The molecule has 0 unspecified atom stereocenters. The zero-order chi connectivity index (χ0) is 23.4. The van der Waals surface area contributed by atoms with Crippen molar-refractivity contribution in [3.63, 3.8) is 0 Å². The third-order valence-corrected chi connectivity index (χ3v) is 8.52. The van der Waals surface area contributed by atoms with Crippen molar-refractivity contribution in [2.75, 3.05) is 23.1 Å². The van der Waals surface area contributed by atoms with E-state index in [4.69, 9.17) is 0 Å². The molecule has 3 aromatic carbocycles. The molecule has 0 bridgehead atoms. The van der Waals surface area contributed by atoms with E-state index in [-0.39, 0.29) is 17.3 Å². The van der Waals surface area contributed by atoms with Crippen molar-refractivity contribution in [2.45, 2.75) is 30.4 Å². The minimum absolute atomic E-state index is 0.240. The Labute approximate surface area is 200 Å². The van der Waals surface area contributed by atoms with Gasteiger partial charge in [-0.1, -0.05) is 68.4 Å².